The maximum absolute atomic E-state index is 14.4. The highest BCUT2D eigenvalue weighted by molar-refractivity contribution is 6.08. The molecule has 1 saturated carbocycles. The molecular formula is C43H50F2N14O3. The van der Waals surface area contributed by atoms with Gasteiger partial charge in [0.2, 0.25) is 11.8 Å². The van der Waals surface area contributed by atoms with Crippen LogP contribution in [-0.4, -0.2) is 99.3 Å². The third-order valence-electron chi connectivity index (χ3n) is 13.6. The first kappa shape index (κ1) is 39.9. The quantitative estimate of drug-likeness (QED) is 0.176. The zero-order chi connectivity index (χ0) is 42.8. The lowest BCUT2D eigenvalue weighted by Crippen LogP contribution is -2.45. The molecule has 1 aromatic carbocycles. The summed E-state index contributed by atoms with van der Waals surface area (Å²) >= 11 is 0. The fourth-order valence-electron chi connectivity index (χ4n) is 10.1. The van der Waals surface area contributed by atoms with E-state index in [0.29, 0.717) is 49.4 Å². The second-order valence-electron chi connectivity index (χ2n) is 17.4. The van der Waals surface area contributed by atoms with Crippen LogP contribution in [0.4, 0.5) is 26.0 Å². The van der Waals surface area contributed by atoms with Crippen molar-refractivity contribution in [3.05, 3.63) is 77.3 Å². The number of amides is 3. The number of fused-ring (bicyclic) bond motifs is 3. The van der Waals surface area contributed by atoms with Crippen molar-refractivity contribution in [3.8, 4) is 0 Å². The summed E-state index contributed by atoms with van der Waals surface area (Å²) in [5.74, 6) is -0.347. The Labute approximate surface area is 356 Å². The minimum absolute atomic E-state index is 0.00610. The number of halogens is 2. The van der Waals surface area contributed by atoms with Gasteiger partial charge in [0.1, 0.15) is 11.4 Å². The van der Waals surface area contributed by atoms with Crippen LogP contribution < -0.4 is 20.4 Å². The minimum Gasteiger partial charge on any atom is -0.371 e. The van der Waals surface area contributed by atoms with Crippen molar-refractivity contribution < 1.29 is 23.2 Å². The van der Waals surface area contributed by atoms with E-state index in [0.717, 1.165) is 91.7 Å². The zero-order valence-electron chi connectivity index (χ0n) is 35.0. The van der Waals surface area contributed by atoms with Gasteiger partial charge in [0.25, 0.3) is 12.3 Å². The molecule has 2 N–H and O–H groups in total. The van der Waals surface area contributed by atoms with Crippen molar-refractivity contribution in [2.45, 2.75) is 88.9 Å². The highest BCUT2D eigenvalue weighted by Gasteiger charge is 2.33. The molecule has 2 saturated heterocycles. The van der Waals surface area contributed by atoms with Gasteiger partial charge in [0.15, 0.2) is 11.3 Å². The number of nitrogens with zero attached hydrogens (tertiary/aromatic N) is 12. The number of imide groups is 1. The van der Waals surface area contributed by atoms with E-state index in [4.69, 9.17) is 10.1 Å². The Balaban J connectivity index is 0.730. The zero-order valence-corrected chi connectivity index (χ0v) is 35.0. The van der Waals surface area contributed by atoms with E-state index in [1.807, 2.05) is 35.7 Å². The normalized spacial score (nSPS) is 21.2. The lowest BCUT2D eigenvalue weighted by atomic mass is 9.85. The third kappa shape index (κ3) is 7.34. The molecular weight excluding hydrogens is 799 g/mol. The summed E-state index contributed by atoms with van der Waals surface area (Å²) in [5.41, 5.74) is 5.11. The summed E-state index contributed by atoms with van der Waals surface area (Å²) in [6, 6.07) is 8.59. The van der Waals surface area contributed by atoms with Crippen molar-refractivity contribution >= 4 is 51.5 Å². The summed E-state index contributed by atoms with van der Waals surface area (Å²) in [6.07, 6.45) is 10.1. The molecule has 3 aliphatic heterocycles. The molecule has 10 rings (SSSR count). The number of alkyl halides is 2. The molecule has 0 bridgehead atoms. The van der Waals surface area contributed by atoms with E-state index in [9.17, 15) is 23.2 Å². The average molecular weight is 849 g/mol. The van der Waals surface area contributed by atoms with Crippen LogP contribution in [0.1, 0.15) is 103 Å². The van der Waals surface area contributed by atoms with Crippen LogP contribution in [0.15, 0.2) is 49.1 Å². The number of rotatable bonds is 10. The first-order chi connectivity index (χ1) is 30.0. The largest absolute Gasteiger partial charge is 0.371 e. The van der Waals surface area contributed by atoms with Crippen molar-refractivity contribution in [2.24, 2.45) is 20.0 Å². The van der Waals surface area contributed by atoms with Gasteiger partial charge >= 0.3 is 0 Å². The molecule has 1 atom stereocenters. The molecule has 4 aliphatic rings. The molecule has 5 aromatic heterocycles. The number of aryl methyl sites for hydroxylation is 2. The topological polar surface area (TPSA) is 169 Å². The van der Waals surface area contributed by atoms with Crippen LogP contribution in [0.3, 0.4) is 0 Å². The lowest BCUT2D eigenvalue weighted by molar-refractivity contribution is -0.134. The van der Waals surface area contributed by atoms with Gasteiger partial charge < -0.3 is 20.0 Å². The lowest BCUT2D eigenvalue weighted by Gasteiger charge is -2.40. The summed E-state index contributed by atoms with van der Waals surface area (Å²) in [5, 5.41) is 23.7. The Kier molecular flexibility index (Phi) is 10.2. The second kappa shape index (κ2) is 15.9. The summed E-state index contributed by atoms with van der Waals surface area (Å²) < 4.78 is 35.5. The van der Waals surface area contributed by atoms with E-state index >= 15 is 0 Å². The number of carbonyl (C=O) groups excluding carboxylic acids is 3. The smallest absolute Gasteiger partial charge is 0.284 e. The molecule has 0 spiro atoms. The molecule has 324 valence electrons. The number of hydrogen-bond donors (Lipinski definition) is 2. The van der Waals surface area contributed by atoms with Gasteiger partial charge in [0.05, 0.1) is 53.5 Å². The first-order valence-corrected chi connectivity index (χ1v) is 21.5. The number of aromatic nitrogens is 9. The Morgan fingerprint density at radius 3 is 2.52 bits per heavy atom. The number of anilines is 3. The van der Waals surface area contributed by atoms with Gasteiger partial charge in [0, 0.05) is 81.8 Å². The molecule has 8 heterocycles. The van der Waals surface area contributed by atoms with Gasteiger partial charge in [-0.1, -0.05) is 0 Å². The van der Waals surface area contributed by atoms with Crippen molar-refractivity contribution in [3.63, 3.8) is 0 Å². The Hall–Kier alpha value is -6.24. The highest BCUT2D eigenvalue weighted by atomic mass is 19.3. The molecule has 1 aliphatic carbocycles. The molecule has 3 fully saturated rings. The first-order valence-electron chi connectivity index (χ1n) is 21.5. The van der Waals surface area contributed by atoms with Gasteiger partial charge in [-0.3, -0.25) is 33.7 Å². The van der Waals surface area contributed by atoms with Gasteiger partial charge in [-0.25, -0.2) is 18.3 Å². The van der Waals surface area contributed by atoms with Crippen LogP contribution in [0, 0.1) is 5.92 Å². The standard InChI is InChI=1S/C43H50F2N14O3/c1-53(27-12-15-56(16-13-27)29-8-9-30-34(18-29)55(3)51-38(30)31-10-11-37(60)50-42(31)61)21-25-4-6-28(7-5-25)59-23-33(39(52-59)40(44)45)48-43(62)32-20-47-58-17-14-36(49-41(32)58)57-22-26-19-46-54(2)35(26)24-57/h8-9,14,17-20,23,25,27-28,31,40H,4-7,10-13,15-16,21-22,24H2,1-3H3,(H,48,62)(H,50,60,61). The van der Waals surface area contributed by atoms with Crippen LogP contribution in [-0.2, 0) is 36.8 Å². The SMILES string of the molecule is CN(CC1CCC(n2cc(NC(=O)c3cnn4ccc(N5Cc6cnn(C)c6C5)nc34)c(C(F)F)n2)CC1)C1CCN(c2ccc3c(C4CCC(=O)NC4=O)nn(C)c3c2)CC1. The Morgan fingerprint density at radius 1 is 0.952 bits per heavy atom. The number of nitrogens with one attached hydrogen (secondary N) is 2. The van der Waals surface area contributed by atoms with Crippen molar-refractivity contribution in [2.75, 3.05) is 41.8 Å². The Bertz CT molecular complexity index is 2680. The predicted molar refractivity (Wildman–Crippen MR) is 226 cm³/mol. The fraction of sp³-hybridized carbons (Fsp3) is 0.488. The minimum atomic E-state index is -2.86. The molecule has 6 aromatic rings. The monoisotopic (exact) mass is 848 g/mol. The number of carbonyl (C=O) groups is 3. The van der Waals surface area contributed by atoms with Crippen LogP contribution >= 0.6 is 0 Å². The molecule has 0 radical (unpaired) electrons. The van der Waals surface area contributed by atoms with E-state index < -0.39 is 23.9 Å². The maximum Gasteiger partial charge on any atom is 0.284 e. The van der Waals surface area contributed by atoms with Crippen molar-refractivity contribution in [1.29, 1.82) is 0 Å². The molecule has 3 amide bonds. The number of benzene rings is 1. The molecule has 62 heavy (non-hydrogen) atoms. The van der Waals surface area contributed by atoms with E-state index in [1.54, 1.807) is 17.1 Å². The average Bonchev–Trinajstić information content (AvgIpc) is 4.11. The van der Waals surface area contributed by atoms with Gasteiger partial charge in [-0.05, 0) is 82.2 Å². The van der Waals surface area contributed by atoms with Gasteiger partial charge in [-0.15, -0.1) is 0 Å². The maximum atomic E-state index is 14.4. The second-order valence-corrected chi connectivity index (χ2v) is 17.4. The van der Waals surface area contributed by atoms with Crippen LogP contribution in [0.5, 0.6) is 0 Å². The van der Waals surface area contributed by atoms with Crippen LogP contribution in [0.2, 0.25) is 0 Å². The fourth-order valence-corrected chi connectivity index (χ4v) is 10.1. The molecule has 19 heteroatoms. The van der Waals surface area contributed by atoms with Crippen molar-refractivity contribution in [1.82, 2.24) is 54.2 Å². The highest BCUT2D eigenvalue weighted by Crippen LogP contribution is 2.37. The number of hydrogen-bond acceptors (Lipinski definition) is 11. The van der Waals surface area contributed by atoms with Gasteiger partial charge in [-0.2, -0.15) is 20.4 Å². The van der Waals surface area contributed by atoms with E-state index in [-0.39, 0.29) is 29.1 Å². The van der Waals surface area contributed by atoms with E-state index in [2.05, 4.69) is 65.9 Å². The summed E-state index contributed by atoms with van der Waals surface area (Å²) in [4.78, 5) is 49.7. The van der Waals surface area contributed by atoms with E-state index in [1.165, 1.54) is 10.7 Å². The Morgan fingerprint density at radius 2 is 1.76 bits per heavy atom. The molecule has 17 nitrogen and oxygen atoms in total. The summed E-state index contributed by atoms with van der Waals surface area (Å²) in [6.45, 7) is 4.10. The summed E-state index contributed by atoms with van der Waals surface area (Å²) in [7, 11) is 6.02. The number of piperidine rings is 2. The van der Waals surface area contributed by atoms with Crippen LogP contribution in [0.25, 0.3) is 16.6 Å². The third-order valence-corrected chi connectivity index (χ3v) is 13.6. The molecule has 1 unspecified atom stereocenters. The predicted octanol–water partition coefficient (Wildman–Crippen LogP) is 5.11.